The number of hydrogen-bond acceptors (Lipinski definition) is 7. The van der Waals surface area contributed by atoms with Crippen LogP contribution in [0.3, 0.4) is 0 Å². The molecule has 0 saturated heterocycles. The van der Waals surface area contributed by atoms with Crippen molar-refractivity contribution in [3.8, 4) is 11.5 Å². The van der Waals surface area contributed by atoms with Gasteiger partial charge in [0.25, 0.3) is 0 Å². The summed E-state index contributed by atoms with van der Waals surface area (Å²) in [4.78, 5) is 50.2. The summed E-state index contributed by atoms with van der Waals surface area (Å²) in [5.74, 6) is -0.905. The summed E-state index contributed by atoms with van der Waals surface area (Å²) in [6, 6.07) is 4.58. The maximum absolute atomic E-state index is 12.3. The van der Waals surface area contributed by atoms with E-state index >= 15 is 0 Å². The van der Waals surface area contributed by atoms with Crippen molar-refractivity contribution in [2.45, 2.75) is 27.7 Å². The summed E-state index contributed by atoms with van der Waals surface area (Å²) >= 11 is 0. The number of esters is 1. The van der Waals surface area contributed by atoms with E-state index in [-0.39, 0.29) is 23.0 Å². The maximum Gasteiger partial charge on any atom is 0.344 e. The van der Waals surface area contributed by atoms with E-state index in [9.17, 15) is 19.2 Å². The van der Waals surface area contributed by atoms with Gasteiger partial charge in [-0.15, -0.1) is 0 Å². The number of aryl methyl sites for hydroxylation is 1. The van der Waals surface area contributed by atoms with Gasteiger partial charge in [0.05, 0.1) is 12.8 Å². The van der Waals surface area contributed by atoms with Crippen LogP contribution in [0.4, 0.5) is 0 Å². The van der Waals surface area contributed by atoms with Crippen molar-refractivity contribution >= 4 is 23.3 Å². The summed E-state index contributed by atoms with van der Waals surface area (Å²) in [6.45, 7) is 5.29. The van der Waals surface area contributed by atoms with Gasteiger partial charge in [-0.25, -0.2) is 4.79 Å². The van der Waals surface area contributed by atoms with Crippen LogP contribution in [0.2, 0.25) is 0 Å². The molecule has 0 aliphatic carbocycles. The van der Waals surface area contributed by atoms with Crippen molar-refractivity contribution in [1.29, 1.82) is 0 Å². The lowest BCUT2D eigenvalue weighted by Crippen LogP contribution is -2.20. The molecule has 0 saturated carbocycles. The van der Waals surface area contributed by atoms with Gasteiger partial charge >= 0.3 is 5.97 Å². The molecule has 0 fully saturated rings. The third-order valence-electron chi connectivity index (χ3n) is 4.35. The van der Waals surface area contributed by atoms with E-state index in [1.807, 2.05) is 0 Å². The molecule has 0 aliphatic rings. The first-order chi connectivity index (χ1) is 13.6. The predicted octanol–water partition coefficient (Wildman–Crippen LogP) is 2.85. The molecule has 1 N–H and O–H groups in total. The Kier molecular flexibility index (Phi) is 6.93. The Morgan fingerprint density at radius 1 is 0.966 bits per heavy atom. The van der Waals surface area contributed by atoms with Crippen LogP contribution in [0.1, 0.15) is 56.3 Å². The first-order valence-corrected chi connectivity index (χ1v) is 8.86. The second-order valence-electron chi connectivity index (χ2n) is 6.48. The number of ether oxygens (including phenoxy) is 3. The first-order valence-electron chi connectivity index (χ1n) is 8.86. The number of H-pyrrole nitrogens is 1. The highest BCUT2D eigenvalue weighted by Gasteiger charge is 2.21. The highest BCUT2D eigenvalue weighted by atomic mass is 16.6. The molecule has 29 heavy (non-hydrogen) atoms. The number of hydrogen-bond donors (Lipinski definition) is 1. The van der Waals surface area contributed by atoms with Crippen LogP contribution in [0, 0.1) is 13.8 Å². The minimum absolute atomic E-state index is 0.129. The Labute approximate surface area is 168 Å². The van der Waals surface area contributed by atoms with Crippen molar-refractivity contribution in [2.24, 2.45) is 0 Å². The van der Waals surface area contributed by atoms with Crippen LogP contribution in [-0.4, -0.2) is 48.6 Å². The van der Waals surface area contributed by atoms with Crippen LogP contribution in [0.25, 0.3) is 0 Å². The van der Waals surface area contributed by atoms with Gasteiger partial charge in [0.15, 0.2) is 36.3 Å². The molecule has 8 nitrogen and oxygen atoms in total. The summed E-state index contributed by atoms with van der Waals surface area (Å²) < 4.78 is 15.5. The van der Waals surface area contributed by atoms with E-state index in [2.05, 4.69) is 4.98 Å². The average molecular weight is 401 g/mol. The van der Waals surface area contributed by atoms with Crippen LogP contribution >= 0.6 is 0 Å². The topological polar surface area (TPSA) is 112 Å². The van der Waals surface area contributed by atoms with E-state index in [0.29, 0.717) is 28.1 Å². The summed E-state index contributed by atoms with van der Waals surface area (Å²) in [5, 5.41) is 0. The molecule has 2 aromatic rings. The third kappa shape index (κ3) is 5.10. The zero-order valence-electron chi connectivity index (χ0n) is 17.0. The Bertz CT molecular complexity index is 972. The Hall–Kier alpha value is -3.42. The summed E-state index contributed by atoms with van der Waals surface area (Å²) in [5.41, 5.74) is 2.27. The molecule has 2 rings (SSSR count). The molecule has 1 heterocycles. The fourth-order valence-electron chi connectivity index (χ4n) is 2.96. The molecule has 0 aliphatic heterocycles. The fourth-order valence-corrected chi connectivity index (χ4v) is 2.96. The van der Waals surface area contributed by atoms with Gasteiger partial charge in [-0.2, -0.15) is 0 Å². The van der Waals surface area contributed by atoms with Gasteiger partial charge in [0, 0.05) is 16.8 Å². The number of Topliss-reactive ketones (excluding diaryl/α,β-unsaturated/α-hetero) is 3. The number of rotatable bonds is 9. The van der Waals surface area contributed by atoms with Crippen LogP contribution < -0.4 is 9.47 Å². The Morgan fingerprint density at radius 3 is 2.21 bits per heavy atom. The molecule has 0 radical (unpaired) electrons. The van der Waals surface area contributed by atoms with Crippen molar-refractivity contribution in [3.05, 3.63) is 46.3 Å². The van der Waals surface area contributed by atoms with Gasteiger partial charge < -0.3 is 19.2 Å². The number of methoxy groups -OCH3 is 1. The smallest absolute Gasteiger partial charge is 0.344 e. The van der Waals surface area contributed by atoms with Crippen LogP contribution in [0.15, 0.2) is 18.2 Å². The van der Waals surface area contributed by atoms with Gasteiger partial charge in [0.1, 0.15) is 0 Å². The van der Waals surface area contributed by atoms with E-state index in [1.54, 1.807) is 19.9 Å². The minimum atomic E-state index is -0.747. The molecule has 0 unspecified atom stereocenters. The second kappa shape index (κ2) is 9.18. The van der Waals surface area contributed by atoms with Crippen LogP contribution in [0.5, 0.6) is 11.5 Å². The lowest BCUT2D eigenvalue weighted by atomic mass is 10.1. The molecule has 1 aromatic heterocycles. The van der Waals surface area contributed by atoms with E-state index < -0.39 is 25.0 Å². The lowest BCUT2D eigenvalue weighted by molar-refractivity contribution is -0.144. The largest absolute Gasteiger partial charge is 0.493 e. The fraction of sp³-hybridized carbons (Fsp3) is 0.333. The normalized spacial score (nSPS) is 10.4. The van der Waals surface area contributed by atoms with Crippen molar-refractivity contribution in [1.82, 2.24) is 4.98 Å². The summed E-state index contributed by atoms with van der Waals surface area (Å²) in [7, 11) is 1.42. The highest BCUT2D eigenvalue weighted by Crippen LogP contribution is 2.28. The molecular formula is C21H23NO7. The quantitative estimate of drug-likeness (QED) is 0.508. The summed E-state index contributed by atoms with van der Waals surface area (Å²) in [6.07, 6.45) is 0. The number of aromatic nitrogens is 1. The molecule has 1 aromatic carbocycles. The second-order valence-corrected chi connectivity index (χ2v) is 6.48. The number of benzene rings is 1. The van der Waals surface area contributed by atoms with Crippen molar-refractivity contribution in [2.75, 3.05) is 20.3 Å². The van der Waals surface area contributed by atoms with E-state index in [4.69, 9.17) is 14.2 Å². The number of aromatic amines is 1. The average Bonchev–Trinajstić information content (AvgIpc) is 2.98. The molecule has 154 valence electrons. The SMILES string of the molecule is COc1cc(C(C)=O)ccc1OCC(=O)OCC(=O)c1[nH]c(C)c(C(C)=O)c1C. The number of carbonyl (C=O) groups excluding carboxylic acids is 4. The highest BCUT2D eigenvalue weighted by molar-refractivity contribution is 6.04. The predicted molar refractivity (Wildman–Crippen MR) is 104 cm³/mol. The molecule has 0 spiro atoms. The monoisotopic (exact) mass is 401 g/mol. The number of nitrogens with one attached hydrogen (secondary N) is 1. The molecule has 0 bridgehead atoms. The Morgan fingerprint density at radius 2 is 1.66 bits per heavy atom. The standard InChI is InChI=1S/C21H23NO7/c1-11-20(14(4)24)12(2)22-21(11)16(25)9-29-19(26)10-28-17-7-6-15(13(3)23)8-18(17)27-5/h6-8,22H,9-10H2,1-5H3. The molecular weight excluding hydrogens is 378 g/mol. The molecule has 8 heteroatoms. The Balaban J connectivity index is 1.96. The number of ketones is 3. The lowest BCUT2D eigenvalue weighted by Gasteiger charge is -2.11. The van der Waals surface area contributed by atoms with Gasteiger partial charge in [-0.3, -0.25) is 14.4 Å². The third-order valence-corrected chi connectivity index (χ3v) is 4.35. The van der Waals surface area contributed by atoms with E-state index in [1.165, 1.54) is 33.1 Å². The zero-order valence-corrected chi connectivity index (χ0v) is 17.0. The van der Waals surface area contributed by atoms with Crippen molar-refractivity contribution in [3.63, 3.8) is 0 Å². The minimum Gasteiger partial charge on any atom is -0.493 e. The van der Waals surface area contributed by atoms with Gasteiger partial charge in [-0.05, 0) is 51.5 Å². The van der Waals surface area contributed by atoms with E-state index in [0.717, 1.165) is 0 Å². The molecule has 0 amide bonds. The molecule has 0 atom stereocenters. The number of carbonyl (C=O) groups is 4. The zero-order chi connectivity index (χ0) is 21.7. The van der Waals surface area contributed by atoms with Crippen molar-refractivity contribution < 1.29 is 33.4 Å². The first kappa shape index (κ1) is 21.9. The van der Waals surface area contributed by atoms with Gasteiger partial charge in [0.2, 0.25) is 5.78 Å². The maximum atomic E-state index is 12.3. The van der Waals surface area contributed by atoms with Crippen LogP contribution in [-0.2, 0) is 9.53 Å². The van der Waals surface area contributed by atoms with Gasteiger partial charge in [-0.1, -0.05) is 0 Å².